The molecule has 0 heterocycles. The van der Waals surface area contributed by atoms with Gasteiger partial charge in [0.25, 0.3) is 5.91 Å². The van der Waals surface area contributed by atoms with Crippen LogP contribution in [0.3, 0.4) is 0 Å². The summed E-state index contributed by atoms with van der Waals surface area (Å²) >= 11 is 0. The number of hydrogen-bond donors (Lipinski definition) is 2. The van der Waals surface area contributed by atoms with Crippen LogP contribution in [-0.4, -0.2) is 36.7 Å². The predicted octanol–water partition coefficient (Wildman–Crippen LogP) is 0.794. The van der Waals surface area contributed by atoms with E-state index in [9.17, 15) is 18.4 Å². The molecule has 18 heavy (non-hydrogen) atoms. The Labute approximate surface area is 101 Å². The Kier molecular flexibility index (Phi) is 4.73. The normalized spacial score (nSPS) is 11.9. The SMILES string of the molecule is COC(CNC(=O)c1cccc(F)c1F)C(=O)O. The zero-order valence-electron chi connectivity index (χ0n) is 9.44. The first-order valence-electron chi connectivity index (χ1n) is 4.95. The molecule has 0 aliphatic rings. The van der Waals surface area contributed by atoms with Crippen molar-refractivity contribution in [3.05, 3.63) is 35.4 Å². The molecule has 0 fully saturated rings. The molecule has 0 saturated carbocycles. The first-order valence-corrected chi connectivity index (χ1v) is 4.95. The largest absolute Gasteiger partial charge is 0.479 e. The van der Waals surface area contributed by atoms with Gasteiger partial charge >= 0.3 is 5.97 Å². The fourth-order valence-corrected chi connectivity index (χ4v) is 1.23. The van der Waals surface area contributed by atoms with E-state index in [-0.39, 0.29) is 6.54 Å². The summed E-state index contributed by atoms with van der Waals surface area (Å²) in [5.41, 5.74) is -0.491. The van der Waals surface area contributed by atoms with Crippen molar-refractivity contribution in [3.63, 3.8) is 0 Å². The summed E-state index contributed by atoms with van der Waals surface area (Å²) in [7, 11) is 1.16. The molecular formula is C11H11F2NO4. The molecule has 0 spiro atoms. The fourth-order valence-electron chi connectivity index (χ4n) is 1.23. The van der Waals surface area contributed by atoms with Crippen LogP contribution in [0.2, 0.25) is 0 Å². The molecule has 1 amide bonds. The van der Waals surface area contributed by atoms with Gasteiger partial charge < -0.3 is 15.2 Å². The molecule has 5 nitrogen and oxygen atoms in total. The van der Waals surface area contributed by atoms with E-state index in [1.165, 1.54) is 6.07 Å². The van der Waals surface area contributed by atoms with E-state index in [1.54, 1.807) is 0 Å². The van der Waals surface area contributed by atoms with Crippen molar-refractivity contribution in [3.8, 4) is 0 Å². The molecular weight excluding hydrogens is 248 g/mol. The molecule has 98 valence electrons. The van der Waals surface area contributed by atoms with Crippen LogP contribution in [0.1, 0.15) is 10.4 Å². The number of carbonyl (C=O) groups excluding carboxylic acids is 1. The van der Waals surface area contributed by atoms with Crippen molar-refractivity contribution in [2.45, 2.75) is 6.10 Å². The molecule has 0 bridgehead atoms. The molecule has 1 aromatic rings. The van der Waals surface area contributed by atoms with E-state index < -0.39 is 35.2 Å². The van der Waals surface area contributed by atoms with Gasteiger partial charge in [-0.2, -0.15) is 0 Å². The Hall–Kier alpha value is -2.02. The van der Waals surface area contributed by atoms with Gasteiger partial charge in [-0.05, 0) is 12.1 Å². The highest BCUT2D eigenvalue weighted by Crippen LogP contribution is 2.10. The molecule has 1 atom stereocenters. The first-order chi connectivity index (χ1) is 8.47. The molecule has 0 saturated heterocycles. The molecule has 1 rings (SSSR count). The van der Waals surface area contributed by atoms with Gasteiger partial charge in [0, 0.05) is 7.11 Å². The second-order valence-electron chi connectivity index (χ2n) is 3.37. The van der Waals surface area contributed by atoms with Gasteiger partial charge in [0.1, 0.15) is 0 Å². The lowest BCUT2D eigenvalue weighted by Gasteiger charge is -2.11. The van der Waals surface area contributed by atoms with Crippen LogP contribution in [0.5, 0.6) is 0 Å². The molecule has 2 N–H and O–H groups in total. The lowest BCUT2D eigenvalue weighted by atomic mass is 10.2. The van der Waals surface area contributed by atoms with Crippen LogP contribution in [0.25, 0.3) is 0 Å². The van der Waals surface area contributed by atoms with E-state index in [0.29, 0.717) is 0 Å². The van der Waals surface area contributed by atoms with Crippen molar-refractivity contribution in [1.29, 1.82) is 0 Å². The number of nitrogens with one attached hydrogen (secondary N) is 1. The number of amides is 1. The maximum absolute atomic E-state index is 13.2. The van der Waals surface area contributed by atoms with E-state index in [0.717, 1.165) is 19.2 Å². The third kappa shape index (κ3) is 3.24. The molecule has 0 aliphatic heterocycles. The molecule has 1 aromatic carbocycles. The average molecular weight is 259 g/mol. The molecule has 7 heteroatoms. The number of aliphatic carboxylic acids is 1. The van der Waals surface area contributed by atoms with E-state index >= 15 is 0 Å². The second kappa shape index (κ2) is 6.06. The zero-order valence-corrected chi connectivity index (χ0v) is 9.44. The lowest BCUT2D eigenvalue weighted by Crippen LogP contribution is -2.38. The summed E-state index contributed by atoms with van der Waals surface area (Å²) in [6, 6.07) is 3.15. The van der Waals surface area contributed by atoms with E-state index in [1.807, 2.05) is 0 Å². The highest BCUT2D eigenvalue weighted by molar-refractivity contribution is 5.94. The smallest absolute Gasteiger partial charge is 0.334 e. The van der Waals surface area contributed by atoms with Gasteiger partial charge in [-0.15, -0.1) is 0 Å². The number of carbonyl (C=O) groups is 2. The zero-order chi connectivity index (χ0) is 13.7. The standard InChI is InChI=1S/C11H11F2NO4/c1-18-8(11(16)17)5-14-10(15)6-3-2-4-7(12)9(6)13/h2-4,8H,5H2,1H3,(H,14,15)(H,16,17). The number of hydrogen-bond acceptors (Lipinski definition) is 3. The van der Waals surface area contributed by atoms with Crippen LogP contribution >= 0.6 is 0 Å². The minimum Gasteiger partial charge on any atom is -0.479 e. The van der Waals surface area contributed by atoms with Crippen LogP contribution in [0.4, 0.5) is 8.78 Å². The maximum atomic E-state index is 13.2. The lowest BCUT2D eigenvalue weighted by molar-refractivity contribution is -0.148. The Bertz CT molecular complexity index is 464. The first kappa shape index (κ1) is 14.0. The topological polar surface area (TPSA) is 75.6 Å². The monoisotopic (exact) mass is 259 g/mol. The minimum atomic E-state index is -1.28. The highest BCUT2D eigenvalue weighted by atomic mass is 19.2. The predicted molar refractivity (Wildman–Crippen MR) is 57.1 cm³/mol. The number of ether oxygens (including phenoxy) is 1. The molecule has 0 aromatic heterocycles. The van der Waals surface area contributed by atoms with Gasteiger partial charge in [-0.25, -0.2) is 13.6 Å². The number of benzene rings is 1. The van der Waals surface area contributed by atoms with Gasteiger partial charge in [0.05, 0.1) is 12.1 Å². The summed E-state index contributed by atoms with van der Waals surface area (Å²) in [5.74, 6) is -4.60. The number of carboxylic acid groups (broad SMARTS) is 1. The van der Waals surface area contributed by atoms with Gasteiger partial charge in [-0.3, -0.25) is 4.79 Å². The quantitative estimate of drug-likeness (QED) is 0.819. The number of halogens is 2. The van der Waals surface area contributed by atoms with E-state index in [4.69, 9.17) is 5.11 Å². The number of carboxylic acids is 1. The van der Waals surface area contributed by atoms with Crippen LogP contribution in [0, 0.1) is 11.6 Å². The summed E-state index contributed by atoms with van der Waals surface area (Å²) in [6.07, 6.45) is -1.24. The van der Waals surface area contributed by atoms with E-state index in [2.05, 4.69) is 10.1 Å². The summed E-state index contributed by atoms with van der Waals surface area (Å²) < 4.78 is 30.7. The Balaban J connectivity index is 2.71. The Morgan fingerprint density at radius 1 is 1.44 bits per heavy atom. The summed E-state index contributed by atoms with van der Waals surface area (Å²) in [6.45, 7) is -0.347. The van der Waals surface area contributed by atoms with Crippen molar-refractivity contribution in [2.75, 3.05) is 13.7 Å². The van der Waals surface area contributed by atoms with Gasteiger partial charge in [-0.1, -0.05) is 6.07 Å². The van der Waals surface area contributed by atoms with Crippen LogP contribution in [-0.2, 0) is 9.53 Å². The van der Waals surface area contributed by atoms with Crippen molar-refractivity contribution in [1.82, 2.24) is 5.32 Å². The third-order valence-electron chi connectivity index (χ3n) is 2.20. The maximum Gasteiger partial charge on any atom is 0.334 e. The Morgan fingerprint density at radius 3 is 2.67 bits per heavy atom. The van der Waals surface area contributed by atoms with Crippen LogP contribution in [0.15, 0.2) is 18.2 Å². The molecule has 1 unspecified atom stereocenters. The van der Waals surface area contributed by atoms with Crippen LogP contribution < -0.4 is 5.32 Å². The number of rotatable bonds is 5. The summed E-state index contributed by atoms with van der Waals surface area (Å²) in [5, 5.41) is 10.8. The summed E-state index contributed by atoms with van der Waals surface area (Å²) in [4.78, 5) is 22.1. The van der Waals surface area contributed by atoms with Gasteiger partial charge in [0.2, 0.25) is 0 Å². The second-order valence-corrected chi connectivity index (χ2v) is 3.37. The van der Waals surface area contributed by atoms with Crippen molar-refractivity contribution in [2.24, 2.45) is 0 Å². The average Bonchev–Trinajstić information content (AvgIpc) is 2.32. The van der Waals surface area contributed by atoms with Crippen molar-refractivity contribution >= 4 is 11.9 Å². The minimum absolute atomic E-state index is 0.347. The molecule has 0 radical (unpaired) electrons. The Morgan fingerprint density at radius 2 is 2.11 bits per heavy atom. The fraction of sp³-hybridized carbons (Fsp3) is 0.273. The number of methoxy groups -OCH3 is 1. The highest BCUT2D eigenvalue weighted by Gasteiger charge is 2.20. The van der Waals surface area contributed by atoms with Crippen molar-refractivity contribution < 1.29 is 28.2 Å². The molecule has 0 aliphatic carbocycles. The third-order valence-corrected chi connectivity index (χ3v) is 2.20. The van der Waals surface area contributed by atoms with Gasteiger partial charge in [0.15, 0.2) is 17.7 Å².